The van der Waals surface area contributed by atoms with Crippen LogP contribution in [0.1, 0.15) is 63.7 Å². The van der Waals surface area contributed by atoms with E-state index in [-0.39, 0.29) is 11.2 Å². The van der Waals surface area contributed by atoms with Gasteiger partial charge in [0.1, 0.15) is 0 Å². The van der Waals surface area contributed by atoms with Gasteiger partial charge in [0.2, 0.25) is 10.0 Å². The average Bonchev–Trinajstić information content (AvgIpc) is 3.30. The number of rotatable bonds is 5. The highest BCUT2D eigenvalue weighted by atomic mass is 32.2. The average molecular weight is 420 g/mol. The molecule has 0 bridgehead atoms. The fourth-order valence-electron chi connectivity index (χ4n) is 3.68. The van der Waals surface area contributed by atoms with Gasteiger partial charge in [0.25, 0.3) is 5.91 Å². The molecule has 3 fully saturated rings. The molecule has 1 N–H and O–H groups in total. The third-order valence-electron chi connectivity index (χ3n) is 6.34. The maximum absolute atomic E-state index is 13.0. The van der Waals surface area contributed by atoms with Crippen LogP contribution in [-0.4, -0.2) is 55.9 Å². The van der Waals surface area contributed by atoms with E-state index in [0.29, 0.717) is 29.6 Å². The van der Waals surface area contributed by atoms with Crippen LogP contribution in [0.4, 0.5) is 5.69 Å². The van der Waals surface area contributed by atoms with Gasteiger partial charge in [0.05, 0.1) is 16.5 Å². The lowest BCUT2D eigenvalue weighted by molar-refractivity contribution is 0.00578. The van der Waals surface area contributed by atoms with Crippen LogP contribution in [0.5, 0.6) is 0 Å². The molecule has 3 aliphatic rings. The van der Waals surface area contributed by atoms with Crippen molar-refractivity contribution in [3.05, 3.63) is 23.8 Å². The minimum atomic E-state index is -3.44. The number of carbonyl (C=O) groups excluding carboxylic acids is 1. The standard InChI is InChI=1S/C20H29BN2O5S/c1-19(2)20(3,4)28-21(27-19)15-11-14(18(24)23-9-5-6-10-23)12-16(13-15)22-29(25,26)17-7-8-17/h11-13,17,22H,5-10H2,1-4H3. The summed E-state index contributed by atoms with van der Waals surface area (Å²) in [6, 6.07) is 5.09. The number of benzene rings is 1. The largest absolute Gasteiger partial charge is 0.494 e. The number of anilines is 1. The Bertz CT molecular complexity index is 905. The van der Waals surface area contributed by atoms with E-state index in [0.717, 1.165) is 25.9 Å². The van der Waals surface area contributed by atoms with Gasteiger partial charge in [-0.15, -0.1) is 0 Å². The van der Waals surface area contributed by atoms with E-state index in [1.54, 1.807) is 18.2 Å². The molecular weight excluding hydrogens is 391 g/mol. The lowest BCUT2D eigenvalue weighted by atomic mass is 9.78. The number of amides is 1. The molecule has 1 amide bonds. The van der Waals surface area contributed by atoms with Crippen LogP contribution < -0.4 is 10.2 Å². The highest BCUT2D eigenvalue weighted by molar-refractivity contribution is 7.93. The number of likely N-dealkylation sites (tertiary alicyclic amines) is 1. The van der Waals surface area contributed by atoms with Gasteiger partial charge in [-0.25, -0.2) is 8.42 Å². The molecule has 0 atom stereocenters. The van der Waals surface area contributed by atoms with Gasteiger partial charge in [-0.2, -0.15) is 0 Å². The van der Waals surface area contributed by atoms with E-state index in [4.69, 9.17) is 9.31 Å². The second-order valence-electron chi connectivity index (χ2n) is 9.28. The summed E-state index contributed by atoms with van der Waals surface area (Å²) in [6.45, 7) is 9.29. The van der Waals surface area contributed by atoms with Crippen molar-refractivity contribution in [2.24, 2.45) is 0 Å². The summed E-state index contributed by atoms with van der Waals surface area (Å²) in [5.41, 5.74) is 0.419. The van der Waals surface area contributed by atoms with E-state index >= 15 is 0 Å². The molecule has 2 aliphatic heterocycles. The predicted octanol–water partition coefficient (Wildman–Crippen LogP) is 2.13. The summed E-state index contributed by atoms with van der Waals surface area (Å²) in [5, 5.41) is -0.347. The van der Waals surface area contributed by atoms with Crippen molar-refractivity contribution >= 4 is 34.2 Å². The molecule has 1 aromatic carbocycles. The molecule has 29 heavy (non-hydrogen) atoms. The zero-order valence-electron chi connectivity index (χ0n) is 17.5. The number of hydrogen-bond acceptors (Lipinski definition) is 5. The molecule has 158 valence electrons. The highest BCUT2D eigenvalue weighted by Crippen LogP contribution is 2.37. The van der Waals surface area contributed by atoms with Crippen molar-refractivity contribution in [3.8, 4) is 0 Å². The number of sulfonamides is 1. The molecule has 0 radical (unpaired) electrons. The molecule has 1 aromatic rings. The third-order valence-corrected chi connectivity index (χ3v) is 8.21. The van der Waals surface area contributed by atoms with Gasteiger partial charge in [-0.3, -0.25) is 9.52 Å². The first-order valence-electron chi connectivity index (χ1n) is 10.3. The number of nitrogens with zero attached hydrogens (tertiary/aromatic N) is 1. The molecule has 2 saturated heterocycles. The lowest BCUT2D eigenvalue weighted by Crippen LogP contribution is -2.41. The number of hydrogen-bond donors (Lipinski definition) is 1. The van der Waals surface area contributed by atoms with Crippen molar-refractivity contribution in [1.82, 2.24) is 4.90 Å². The fraction of sp³-hybridized carbons (Fsp3) is 0.650. The van der Waals surface area contributed by atoms with Gasteiger partial charge >= 0.3 is 7.12 Å². The minimum absolute atomic E-state index is 0.0901. The Morgan fingerprint density at radius 2 is 1.66 bits per heavy atom. The third kappa shape index (κ3) is 4.05. The van der Waals surface area contributed by atoms with Crippen LogP contribution in [-0.2, 0) is 19.3 Å². The Labute approximate surface area is 173 Å². The van der Waals surface area contributed by atoms with E-state index in [1.165, 1.54) is 0 Å². The second kappa shape index (κ2) is 6.99. The van der Waals surface area contributed by atoms with E-state index in [1.807, 2.05) is 32.6 Å². The Morgan fingerprint density at radius 1 is 1.07 bits per heavy atom. The zero-order chi connectivity index (χ0) is 21.0. The van der Waals surface area contributed by atoms with Gasteiger partial charge in [0.15, 0.2) is 0 Å². The summed E-state index contributed by atoms with van der Waals surface area (Å²) in [5.74, 6) is -0.0901. The van der Waals surface area contributed by atoms with Gasteiger partial charge in [0, 0.05) is 24.3 Å². The topological polar surface area (TPSA) is 84.9 Å². The molecule has 7 nitrogen and oxygen atoms in total. The lowest BCUT2D eigenvalue weighted by Gasteiger charge is -2.32. The van der Waals surface area contributed by atoms with E-state index < -0.39 is 28.3 Å². The van der Waals surface area contributed by atoms with Gasteiger partial charge < -0.3 is 14.2 Å². The fourth-order valence-corrected chi connectivity index (χ4v) is 5.05. The van der Waals surface area contributed by atoms with Crippen molar-refractivity contribution in [2.45, 2.75) is 69.8 Å². The van der Waals surface area contributed by atoms with Crippen LogP contribution >= 0.6 is 0 Å². The monoisotopic (exact) mass is 420 g/mol. The Balaban J connectivity index is 1.69. The quantitative estimate of drug-likeness (QED) is 0.738. The van der Waals surface area contributed by atoms with Gasteiger partial charge in [-0.05, 0) is 77.0 Å². The minimum Gasteiger partial charge on any atom is -0.399 e. The van der Waals surface area contributed by atoms with Gasteiger partial charge in [-0.1, -0.05) is 0 Å². The molecule has 0 aromatic heterocycles. The Kier molecular flexibility index (Phi) is 4.99. The Hall–Kier alpha value is -1.58. The summed E-state index contributed by atoms with van der Waals surface area (Å²) >= 11 is 0. The number of carbonyl (C=O) groups is 1. The summed E-state index contributed by atoms with van der Waals surface area (Å²) < 4.78 is 39.9. The number of nitrogens with one attached hydrogen (secondary N) is 1. The van der Waals surface area contributed by atoms with Crippen LogP contribution in [0.2, 0.25) is 0 Å². The van der Waals surface area contributed by atoms with Crippen molar-refractivity contribution in [2.75, 3.05) is 17.8 Å². The molecule has 9 heteroatoms. The molecule has 0 spiro atoms. The SMILES string of the molecule is CC1(C)OB(c2cc(NS(=O)(=O)C3CC3)cc(C(=O)N3CCCC3)c2)OC1(C)C. The molecule has 1 saturated carbocycles. The van der Waals surface area contributed by atoms with Crippen LogP contribution in [0.3, 0.4) is 0 Å². The van der Waals surface area contributed by atoms with E-state index in [2.05, 4.69) is 4.72 Å². The zero-order valence-corrected chi connectivity index (χ0v) is 18.3. The maximum Gasteiger partial charge on any atom is 0.494 e. The van der Waals surface area contributed by atoms with E-state index in [9.17, 15) is 13.2 Å². The van der Waals surface area contributed by atoms with Crippen molar-refractivity contribution < 1.29 is 22.5 Å². The molecule has 1 aliphatic carbocycles. The van der Waals surface area contributed by atoms with Crippen LogP contribution in [0, 0.1) is 0 Å². The van der Waals surface area contributed by atoms with Crippen LogP contribution in [0.15, 0.2) is 18.2 Å². The summed E-state index contributed by atoms with van der Waals surface area (Å²) in [6.07, 6.45) is 3.32. The van der Waals surface area contributed by atoms with Crippen LogP contribution in [0.25, 0.3) is 0 Å². The first-order chi connectivity index (χ1) is 13.5. The predicted molar refractivity (Wildman–Crippen MR) is 113 cm³/mol. The maximum atomic E-state index is 13.0. The molecule has 0 unspecified atom stereocenters. The molecule has 2 heterocycles. The summed E-state index contributed by atoms with van der Waals surface area (Å²) in [4.78, 5) is 14.8. The van der Waals surface area contributed by atoms with Crippen molar-refractivity contribution in [3.63, 3.8) is 0 Å². The Morgan fingerprint density at radius 3 is 2.21 bits per heavy atom. The van der Waals surface area contributed by atoms with Crippen molar-refractivity contribution in [1.29, 1.82) is 0 Å². The smallest absolute Gasteiger partial charge is 0.399 e. The normalized spacial score (nSPS) is 23.4. The second-order valence-corrected chi connectivity index (χ2v) is 11.2. The first kappa shape index (κ1) is 20.7. The molecular formula is C20H29BN2O5S. The highest BCUT2D eigenvalue weighted by Gasteiger charge is 2.52. The first-order valence-corrected chi connectivity index (χ1v) is 11.8. The molecule has 4 rings (SSSR count). The summed E-state index contributed by atoms with van der Waals surface area (Å²) in [7, 11) is -4.11.